The van der Waals surface area contributed by atoms with Gasteiger partial charge in [0, 0.05) is 19.1 Å². The number of thiol groups is 1. The van der Waals surface area contributed by atoms with Crippen molar-refractivity contribution in [2.45, 2.75) is 70.4 Å². The van der Waals surface area contributed by atoms with E-state index in [0.717, 1.165) is 13.1 Å². The molecule has 0 radical (unpaired) electrons. The van der Waals surface area contributed by atoms with Crippen LogP contribution in [-0.4, -0.2) is 40.6 Å². The number of rotatable bonds is 4. The summed E-state index contributed by atoms with van der Waals surface area (Å²) >= 11 is 4.37. The Kier molecular flexibility index (Phi) is 5.66. The first-order valence-corrected chi connectivity index (χ1v) is 10.1. The predicted molar refractivity (Wildman–Crippen MR) is 96.2 cm³/mol. The minimum absolute atomic E-state index is 0.121. The van der Waals surface area contributed by atoms with Crippen LogP contribution in [0.15, 0.2) is 0 Å². The first-order chi connectivity index (χ1) is 10.1. The van der Waals surface area contributed by atoms with Gasteiger partial charge in [0.2, 0.25) is 0 Å². The minimum Gasteiger partial charge on any atom is -0.444 e. The van der Waals surface area contributed by atoms with Crippen LogP contribution in [0.2, 0.25) is 0 Å². The largest absolute Gasteiger partial charge is 0.444 e. The zero-order valence-electron chi connectivity index (χ0n) is 14.4. The Hall–Kier alpha value is -0.0700. The summed E-state index contributed by atoms with van der Waals surface area (Å²) in [4.78, 5) is 13.9. The highest BCUT2D eigenvalue weighted by Crippen LogP contribution is 2.38. The molecular weight excluding hydrogens is 316 g/mol. The molecule has 1 N–H and O–H groups in total. The van der Waals surface area contributed by atoms with Crippen molar-refractivity contribution in [2.24, 2.45) is 11.8 Å². The summed E-state index contributed by atoms with van der Waals surface area (Å²) in [6.45, 7) is 11.9. The lowest BCUT2D eigenvalue weighted by Crippen LogP contribution is -2.54. The fourth-order valence-electron chi connectivity index (χ4n) is 3.26. The second kappa shape index (κ2) is 6.81. The lowest BCUT2D eigenvalue weighted by atomic mass is 9.83. The molecule has 1 amide bonds. The third-order valence-electron chi connectivity index (χ3n) is 4.70. The van der Waals surface area contributed by atoms with Crippen LogP contribution >= 0.6 is 22.5 Å². The van der Waals surface area contributed by atoms with Crippen LogP contribution in [0.5, 0.6) is 0 Å². The van der Waals surface area contributed by atoms with Gasteiger partial charge in [-0.3, -0.25) is 5.32 Å². The van der Waals surface area contributed by atoms with Crippen molar-refractivity contribution in [3.05, 3.63) is 0 Å². The second-order valence-electron chi connectivity index (χ2n) is 8.06. The zero-order chi connectivity index (χ0) is 16.5. The number of likely N-dealkylation sites (tertiary alicyclic amines) is 1. The molecule has 128 valence electrons. The van der Waals surface area contributed by atoms with Gasteiger partial charge in [0.1, 0.15) is 5.60 Å². The molecule has 4 nitrogen and oxygen atoms in total. The lowest BCUT2D eigenvalue weighted by Gasteiger charge is -2.43. The van der Waals surface area contributed by atoms with E-state index in [2.05, 4.69) is 30.8 Å². The van der Waals surface area contributed by atoms with E-state index < -0.39 is 5.60 Å². The summed E-state index contributed by atoms with van der Waals surface area (Å²) in [5.41, 5.74) is -0.406. The summed E-state index contributed by atoms with van der Waals surface area (Å²) < 4.78 is 5.41. The molecular formula is C16H30N2O2S2. The van der Waals surface area contributed by atoms with Crippen LogP contribution in [0.4, 0.5) is 4.79 Å². The van der Waals surface area contributed by atoms with Crippen molar-refractivity contribution in [1.82, 2.24) is 10.2 Å². The van der Waals surface area contributed by atoms with Crippen molar-refractivity contribution in [3.8, 4) is 0 Å². The number of hydrogen-bond acceptors (Lipinski definition) is 5. The summed E-state index contributed by atoms with van der Waals surface area (Å²) in [5, 5.41) is 3.70. The Bertz CT molecular complexity index is 407. The van der Waals surface area contributed by atoms with Gasteiger partial charge in [-0.15, -0.1) is 11.7 Å². The second-order valence-corrected chi connectivity index (χ2v) is 9.69. The Morgan fingerprint density at radius 1 is 1.50 bits per heavy atom. The normalized spacial score (nSPS) is 31.0. The molecule has 3 atom stereocenters. The van der Waals surface area contributed by atoms with E-state index in [4.69, 9.17) is 4.74 Å². The average Bonchev–Trinajstić information content (AvgIpc) is 2.67. The maximum atomic E-state index is 12.0. The third-order valence-corrected chi connectivity index (χ3v) is 6.64. The number of nitrogens with zero attached hydrogens (tertiary/aromatic N) is 1. The van der Waals surface area contributed by atoms with Crippen molar-refractivity contribution in [2.75, 3.05) is 13.1 Å². The predicted octanol–water partition coefficient (Wildman–Crippen LogP) is 3.93. The summed E-state index contributed by atoms with van der Waals surface area (Å²) in [6.07, 6.45) is 3.40. The van der Waals surface area contributed by atoms with Crippen LogP contribution in [0.3, 0.4) is 0 Å². The van der Waals surface area contributed by atoms with E-state index in [9.17, 15) is 4.79 Å². The average molecular weight is 347 g/mol. The molecule has 2 saturated heterocycles. The van der Waals surface area contributed by atoms with Gasteiger partial charge in [-0.05, 0) is 58.8 Å². The first kappa shape index (κ1) is 18.3. The monoisotopic (exact) mass is 346 g/mol. The van der Waals surface area contributed by atoms with Crippen molar-refractivity contribution < 1.29 is 9.53 Å². The molecule has 0 spiro atoms. The van der Waals surface area contributed by atoms with Gasteiger partial charge in [0.15, 0.2) is 0 Å². The molecule has 0 aliphatic carbocycles. The van der Waals surface area contributed by atoms with Crippen LogP contribution in [0, 0.1) is 11.8 Å². The fraction of sp³-hybridized carbons (Fsp3) is 0.938. The standard InChI is InChI=1S/C16H30N2O2S2/c1-11(8-13-6-7-16(5,17-13)22-21)12-9-18(10-12)14(19)20-15(2,3)4/h11-13,17,21H,6-10H2,1-5H3. The van der Waals surface area contributed by atoms with Gasteiger partial charge < -0.3 is 9.64 Å². The van der Waals surface area contributed by atoms with Crippen molar-refractivity contribution in [3.63, 3.8) is 0 Å². The van der Waals surface area contributed by atoms with E-state index >= 15 is 0 Å². The highest BCUT2D eigenvalue weighted by molar-refractivity contribution is 8.69. The summed E-state index contributed by atoms with van der Waals surface area (Å²) in [5.74, 6) is 1.23. The molecule has 2 aliphatic heterocycles. The Morgan fingerprint density at radius 2 is 2.14 bits per heavy atom. The zero-order valence-corrected chi connectivity index (χ0v) is 16.1. The topological polar surface area (TPSA) is 41.6 Å². The quantitative estimate of drug-likeness (QED) is 0.598. The third kappa shape index (κ3) is 4.71. The van der Waals surface area contributed by atoms with Gasteiger partial charge in [0.05, 0.1) is 4.87 Å². The molecule has 0 bridgehead atoms. The summed E-state index contributed by atoms with van der Waals surface area (Å²) in [6, 6.07) is 0.579. The molecule has 22 heavy (non-hydrogen) atoms. The summed E-state index contributed by atoms with van der Waals surface area (Å²) in [7, 11) is 1.62. The maximum Gasteiger partial charge on any atom is 0.410 e. The van der Waals surface area contributed by atoms with Gasteiger partial charge >= 0.3 is 6.09 Å². The molecule has 2 fully saturated rings. The van der Waals surface area contributed by atoms with Crippen molar-refractivity contribution in [1.29, 1.82) is 0 Å². The number of hydrogen-bond donors (Lipinski definition) is 2. The lowest BCUT2D eigenvalue weighted by molar-refractivity contribution is -0.0106. The molecule has 2 heterocycles. The number of nitrogens with one attached hydrogen (secondary N) is 1. The van der Waals surface area contributed by atoms with Gasteiger partial charge in [-0.2, -0.15) is 0 Å². The highest BCUT2D eigenvalue weighted by atomic mass is 33.1. The molecule has 0 saturated carbocycles. The number of ether oxygens (including phenoxy) is 1. The Balaban J connectivity index is 1.71. The molecule has 2 aliphatic rings. The molecule has 6 heteroatoms. The fourth-order valence-corrected chi connectivity index (χ4v) is 4.12. The van der Waals surface area contributed by atoms with Gasteiger partial charge in [-0.1, -0.05) is 17.7 Å². The van der Waals surface area contributed by atoms with Crippen molar-refractivity contribution >= 4 is 28.5 Å². The molecule has 0 aromatic heterocycles. The Morgan fingerprint density at radius 3 is 2.64 bits per heavy atom. The Labute approximate surface area is 143 Å². The van der Waals surface area contributed by atoms with Crippen LogP contribution in [0.25, 0.3) is 0 Å². The molecule has 0 aromatic rings. The first-order valence-electron chi connectivity index (χ1n) is 8.20. The number of carbonyl (C=O) groups is 1. The number of amides is 1. The minimum atomic E-state index is -0.406. The molecule has 2 rings (SSSR count). The van der Waals surface area contributed by atoms with E-state index in [1.807, 2.05) is 25.7 Å². The van der Waals surface area contributed by atoms with E-state index in [0.29, 0.717) is 17.9 Å². The number of carbonyl (C=O) groups excluding carboxylic acids is 1. The van der Waals surface area contributed by atoms with E-state index in [1.165, 1.54) is 19.3 Å². The van der Waals surface area contributed by atoms with Crippen LogP contribution < -0.4 is 5.32 Å². The van der Waals surface area contributed by atoms with Crippen LogP contribution in [0.1, 0.15) is 53.9 Å². The van der Waals surface area contributed by atoms with E-state index in [-0.39, 0.29) is 11.0 Å². The highest BCUT2D eigenvalue weighted by Gasteiger charge is 2.39. The van der Waals surface area contributed by atoms with Gasteiger partial charge in [0.25, 0.3) is 0 Å². The SMILES string of the molecule is CC(CC1CCC(C)(SS)N1)C1CN(C(=O)OC(C)(C)C)C1. The van der Waals surface area contributed by atoms with Gasteiger partial charge in [-0.25, -0.2) is 4.79 Å². The molecule has 0 aromatic carbocycles. The maximum absolute atomic E-state index is 12.0. The molecule has 3 unspecified atom stereocenters. The van der Waals surface area contributed by atoms with Crippen LogP contribution in [-0.2, 0) is 4.74 Å². The van der Waals surface area contributed by atoms with E-state index in [1.54, 1.807) is 10.8 Å². The smallest absolute Gasteiger partial charge is 0.410 e.